The molecule has 2 heterocycles. The average Bonchev–Trinajstić information content (AvgIpc) is 3.00. The van der Waals surface area contributed by atoms with Crippen LogP contribution in [0.4, 0.5) is 0 Å². The lowest BCUT2D eigenvalue weighted by Gasteiger charge is -2.02. The molecule has 0 bridgehead atoms. The molecule has 0 saturated carbocycles. The Balaban J connectivity index is 2.10. The number of ether oxygens (including phenoxy) is 1. The lowest BCUT2D eigenvalue weighted by molar-refractivity contribution is 0.0996. The van der Waals surface area contributed by atoms with Crippen molar-refractivity contribution in [3.63, 3.8) is 0 Å². The van der Waals surface area contributed by atoms with Gasteiger partial charge in [0, 0.05) is 17.5 Å². The largest absolute Gasteiger partial charge is 0.497 e. The molecule has 3 rings (SSSR count). The van der Waals surface area contributed by atoms with E-state index in [1.165, 1.54) is 0 Å². The highest BCUT2D eigenvalue weighted by molar-refractivity contribution is 5.97. The SMILES string of the molecule is COc1ccc(-c2cn(-c3cccc(C)n3)nc2C(N)=O)cc1. The van der Waals surface area contributed by atoms with Gasteiger partial charge in [0.25, 0.3) is 5.91 Å². The summed E-state index contributed by atoms with van der Waals surface area (Å²) in [6.07, 6.45) is 1.75. The molecule has 1 amide bonds. The summed E-state index contributed by atoms with van der Waals surface area (Å²) in [5, 5.41) is 4.29. The van der Waals surface area contributed by atoms with Crippen molar-refractivity contribution >= 4 is 5.91 Å². The van der Waals surface area contributed by atoms with E-state index in [9.17, 15) is 4.79 Å². The number of nitrogens with zero attached hydrogens (tertiary/aromatic N) is 3. The third kappa shape index (κ3) is 2.91. The summed E-state index contributed by atoms with van der Waals surface area (Å²) in [6.45, 7) is 1.90. The van der Waals surface area contributed by atoms with Crippen LogP contribution in [0, 0.1) is 6.92 Å². The van der Waals surface area contributed by atoms with E-state index in [4.69, 9.17) is 10.5 Å². The van der Waals surface area contributed by atoms with E-state index in [1.807, 2.05) is 49.4 Å². The molecule has 6 heteroatoms. The fourth-order valence-electron chi connectivity index (χ4n) is 2.31. The first kappa shape index (κ1) is 14.8. The molecule has 1 aromatic carbocycles. The van der Waals surface area contributed by atoms with Crippen LogP contribution < -0.4 is 10.5 Å². The number of aryl methyl sites for hydroxylation is 1. The molecule has 0 aliphatic heterocycles. The van der Waals surface area contributed by atoms with E-state index in [-0.39, 0.29) is 5.69 Å². The molecule has 0 aliphatic carbocycles. The normalized spacial score (nSPS) is 10.5. The monoisotopic (exact) mass is 308 g/mol. The molecular weight excluding hydrogens is 292 g/mol. The maximum Gasteiger partial charge on any atom is 0.269 e. The molecule has 0 unspecified atom stereocenters. The first-order valence-electron chi connectivity index (χ1n) is 7.06. The summed E-state index contributed by atoms with van der Waals surface area (Å²) in [7, 11) is 1.60. The van der Waals surface area contributed by atoms with Gasteiger partial charge in [-0.25, -0.2) is 9.67 Å². The van der Waals surface area contributed by atoms with E-state index in [0.29, 0.717) is 11.4 Å². The minimum absolute atomic E-state index is 0.207. The van der Waals surface area contributed by atoms with Gasteiger partial charge in [0.15, 0.2) is 11.5 Å². The van der Waals surface area contributed by atoms with Gasteiger partial charge in [0.05, 0.1) is 7.11 Å². The van der Waals surface area contributed by atoms with Crippen molar-refractivity contribution in [1.29, 1.82) is 0 Å². The Morgan fingerprint density at radius 2 is 1.91 bits per heavy atom. The van der Waals surface area contributed by atoms with Crippen LogP contribution in [0.25, 0.3) is 16.9 Å². The molecule has 116 valence electrons. The first-order valence-corrected chi connectivity index (χ1v) is 7.06. The highest BCUT2D eigenvalue weighted by Crippen LogP contribution is 2.26. The predicted octanol–water partition coefficient (Wildman–Crippen LogP) is 2.35. The van der Waals surface area contributed by atoms with Crippen LogP contribution in [0.15, 0.2) is 48.7 Å². The van der Waals surface area contributed by atoms with Crippen molar-refractivity contribution in [2.45, 2.75) is 6.92 Å². The van der Waals surface area contributed by atoms with Gasteiger partial charge >= 0.3 is 0 Å². The van der Waals surface area contributed by atoms with E-state index < -0.39 is 5.91 Å². The number of pyridine rings is 1. The average molecular weight is 308 g/mol. The molecular formula is C17H16N4O2. The number of methoxy groups -OCH3 is 1. The highest BCUT2D eigenvalue weighted by Gasteiger charge is 2.17. The number of nitrogens with two attached hydrogens (primary N) is 1. The Bertz CT molecular complexity index is 853. The maximum atomic E-state index is 11.7. The zero-order valence-corrected chi connectivity index (χ0v) is 12.9. The minimum Gasteiger partial charge on any atom is -0.497 e. The lowest BCUT2D eigenvalue weighted by Crippen LogP contribution is -2.13. The summed E-state index contributed by atoms with van der Waals surface area (Å²) in [6, 6.07) is 13.0. The molecule has 6 nitrogen and oxygen atoms in total. The van der Waals surface area contributed by atoms with Crippen molar-refractivity contribution in [3.8, 4) is 22.7 Å². The Morgan fingerprint density at radius 1 is 1.17 bits per heavy atom. The standard InChI is InChI=1S/C17H16N4O2/c1-11-4-3-5-15(19-11)21-10-14(16(20-21)17(18)22)12-6-8-13(23-2)9-7-12/h3-10H,1-2H3,(H2,18,22). The van der Waals surface area contributed by atoms with E-state index in [2.05, 4.69) is 10.1 Å². The Labute approximate surface area is 133 Å². The van der Waals surface area contributed by atoms with Gasteiger partial charge in [0.2, 0.25) is 0 Å². The van der Waals surface area contributed by atoms with Crippen molar-refractivity contribution in [1.82, 2.24) is 14.8 Å². The fraction of sp³-hybridized carbons (Fsp3) is 0.118. The molecule has 2 N–H and O–H groups in total. The van der Waals surface area contributed by atoms with Crippen LogP contribution in [0.2, 0.25) is 0 Å². The van der Waals surface area contributed by atoms with Gasteiger partial charge in [-0.05, 0) is 36.8 Å². The summed E-state index contributed by atoms with van der Waals surface area (Å²) < 4.78 is 6.71. The first-order chi connectivity index (χ1) is 11.1. The van der Waals surface area contributed by atoms with E-state index in [1.54, 1.807) is 18.0 Å². The molecule has 3 aromatic rings. The van der Waals surface area contributed by atoms with Crippen LogP contribution in [-0.2, 0) is 0 Å². The zero-order chi connectivity index (χ0) is 16.4. The second-order valence-corrected chi connectivity index (χ2v) is 5.07. The van der Waals surface area contributed by atoms with Gasteiger partial charge in [-0.1, -0.05) is 18.2 Å². The zero-order valence-electron chi connectivity index (χ0n) is 12.9. The molecule has 0 fully saturated rings. The fourth-order valence-corrected chi connectivity index (χ4v) is 2.31. The molecule has 2 aromatic heterocycles. The number of hydrogen-bond donors (Lipinski definition) is 1. The maximum absolute atomic E-state index is 11.7. The van der Waals surface area contributed by atoms with Gasteiger partial charge in [-0.2, -0.15) is 5.10 Å². The quantitative estimate of drug-likeness (QED) is 0.802. The molecule has 0 saturated heterocycles. The van der Waals surface area contributed by atoms with Gasteiger partial charge < -0.3 is 10.5 Å². The lowest BCUT2D eigenvalue weighted by atomic mass is 10.1. The Morgan fingerprint density at radius 3 is 2.52 bits per heavy atom. The predicted molar refractivity (Wildman–Crippen MR) is 86.6 cm³/mol. The van der Waals surface area contributed by atoms with Crippen molar-refractivity contribution in [3.05, 3.63) is 60.0 Å². The topological polar surface area (TPSA) is 83.0 Å². The number of aromatic nitrogens is 3. The van der Waals surface area contributed by atoms with Gasteiger partial charge in [-0.15, -0.1) is 0 Å². The summed E-state index contributed by atoms with van der Waals surface area (Å²) in [5.74, 6) is 0.789. The highest BCUT2D eigenvalue weighted by atomic mass is 16.5. The summed E-state index contributed by atoms with van der Waals surface area (Å²) >= 11 is 0. The van der Waals surface area contributed by atoms with Crippen molar-refractivity contribution < 1.29 is 9.53 Å². The molecule has 0 radical (unpaired) electrons. The van der Waals surface area contributed by atoms with Gasteiger partial charge in [0.1, 0.15) is 5.75 Å². The third-order valence-electron chi connectivity index (χ3n) is 3.46. The van der Waals surface area contributed by atoms with Crippen LogP contribution in [-0.4, -0.2) is 27.8 Å². The summed E-state index contributed by atoms with van der Waals surface area (Å²) in [5.41, 5.74) is 8.03. The second kappa shape index (κ2) is 5.92. The molecule has 23 heavy (non-hydrogen) atoms. The number of hydrogen-bond acceptors (Lipinski definition) is 4. The number of carbonyl (C=O) groups excluding carboxylic acids is 1. The number of rotatable bonds is 4. The van der Waals surface area contributed by atoms with Crippen molar-refractivity contribution in [2.24, 2.45) is 5.73 Å². The van der Waals surface area contributed by atoms with Crippen LogP contribution in [0.5, 0.6) is 5.75 Å². The van der Waals surface area contributed by atoms with E-state index >= 15 is 0 Å². The molecule has 0 atom stereocenters. The Hall–Kier alpha value is -3.15. The second-order valence-electron chi connectivity index (χ2n) is 5.07. The number of primary amides is 1. The van der Waals surface area contributed by atoms with E-state index in [0.717, 1.165) is 17.0 Å². The van der Waals surface area contributed by atoms with Crippen LogP contribution in [0.3, 0.4) is 0 Å². The number of carbonyl (C=O) groups is 1. The minimum atomic E-state index is -0.581. The van der Waals surface area contributed by atoms with Crippen molar-refractivity contribution in [2.75, 3.05) is 7.11 Å². The third-order valence-corrected chi connectivity index (χ3v) is 3.46. The van der Waals surface area contributed by atoms with Crippen LogP contribution in [0.1, 0.15) is 16.2 Å². The van der Waals surface area contributed by atoms with Crippen LogP contribution >= 0.6 is 0 Å². The smallest absolute Gasteiger partial charge is 0.269 e. The number of amides is 1. The summed E-state index contributed by atoms with van der Waals surface area (Å²) in [4.78, 5) is 16.1. The molecule has 0 aliphatic rings. The number of benzene rings is 1. The Kier molecular flexibility index (Phi) is 3.80. The molecule has 0 spiro atoms. The van der Waals surface area contributed by atoms with Gasteiger partial charge in [-0.3, -0.25) is 4.79 Å².